The zero-order valence-corrected chi connectivity index (χ0v) is 18.7. The van der Waals surface area contributed by atoms with Gasteiger partial charge in [0.15, 0.2) is 6.10 Å². The normalized spacial score (nSPS) is 15.5. The summed E-state index contributed by atoms with van der Waals surface area (Å²) in [6.45, 7) is 2.78. The summed E-state index contributed by atoms with van der Waals surface area (Å²) in [6, 6.07) is 14.4. The quantitative estimate of drug-likeness (QED) is 0.486. The molecule has 1 aliphatic rings. The Balaban J connectivity index is 1.55. The smallest absolute Gasteiger partial charge is 0.331 e. The van der Waals surface area contributed by atoms with Crippen LogP contribution >= 0.6 is 0 Å². The van der Waals surface area contributed by atoms with Gasteiger partial charge in [0.2, 0.25) is 10.0 Å². The van der Waals surface area contributed by atoms with Gasteiger partial charge >= 0.3 is 5.97 Å². The third kappa shape index (κ3) is 6.49. The summed E-state index contributed by atoms with van der Waals surface area (Å²) in [5.74, 6) is -1.27. The van der Waals surface area contributed by atoms with E-state index in [-0.39, 0.29) is 4.90 Å². The van der Waals surface area contributed by atoms with E-state index in [1.807, 2.05) is 6.07 Å². The predicted molar refractivity (Wildman–Crippen MR) is 120 cm³/mol. The van der Waals surface area contributed by atoms with Crippen molar-refractivity contribution >= 4 is 33.7 Å². The van der Waals surface area contributed by atoms with Crippen molar-refractivity contribution in [3.8, 4) is 6.07 Å². The van der Waals surface area contributed by atoms with Gasteiger partial charge in [-0.15, -0.1) is 0 Å². The van der Waals surface area contributed by atoms with Gasteiger partial charge in [0.05, 0.1) is 29.7 Å². The Hall–Kier alpha value is -3.52. The molecule has 0 spiro atoms. The number of benzene rings is 2. The second-order valence-electron chi connectivity index (χ2n) is 7.18. The fourth-order valence-electron chi connectivity index (χ4n) is 3.03. The summed E-state index contributed by atoms with van der Waals surface area (Å²) in [5.41, 5.74) is 1.41. The van der Waals surface area contributed by atoms with Gasteiger partial charge in [-0.2, -0.15) is 9.57 Å². The maximum Gasteiger partial charge on any atom is 0.331 e. The molecular weight excluding hydrogens is 446 g/mol. The number of carbonyl (C=O) groups is 2. The minimum absolute atomic E-state index is 0.162. The first-order valence-electron chi connectivity index (χ1n) is 10.2. The predicted octanol–water partition coefficient (Wildman–Crippen LogP) is 2.16. The van der Waals surface area contributed by atoms with Crippen molar-refractivity contribution in [2.75, 3.05) is 31.6 Å². The first kappa shape index (κ1) is 24.1. The molecule has 1 heterocycles. The summed E-state index contributed by atoms with van der Waals surface area (Å²) >= 11 is 0. The number of nitriles is 1. The summed E-state index contributed by atoms with van der Waals surface area (Å²) < 4.78 is 37.0. The van der Waals surface area contributed by atoms with E-state index >= 15 is 0 Å². The fourth-order valence-corrected chi connectivity index (χ4v) is 4.44. The molecular formula is C23H23N3O6S. The molecule has 1 amide bonds. The standard InChI is InChI=1S/C23H23N3O6S/c1-17(23(28)25-20-4-2-3-19(15-20)16-24)32-22(27)10-7-18-5-8-21(9-6-18)33(29,30)26-11-13-31-14-12-26/h2-10,15,17H,11-14H2,1H3,(H,25,28)/b10-7+. The molecule has 9 nitrogen and oxygen atoms in total. The fraction of sp³-hybridized carbons (Fsp3) is 0.261. The maximum atomic E-state index is 12.6. The Kier molecular flexibility index (Phi) is 7.95. The van der Waals surface area contributed by atoms with Crippen molar-refractivity contribution in [3.05, 3.63) is 65.7 Å². The summed E-state index contributed by atoms with van der Waals surface area (Å²) in [5, 5.41) is 11.5. The topological polar surface area (TPSA) is 126 Å². The molecule has 0 bridgehead atoms. The van der Waals surface area contributed by atoms with Crippen LogP contribution in [0.3, 0.4) is 0 Å². The van der Waals surface area contributed by atoms with Gasteiger partial charge in [-0.05, 0) is 48.9 Å². The molecule has 0 radical (unpaired) electrons. The summed E-state index contributed by atoms with van der Waals surface area (Å²) in [4.78, 5) is 24.5. The van der Waals surface area contributed by atoms with E-state index in [1.54, 1.807) is 30.3 Å². The molecule has 172 valence electrons. The molecule has 1 N–H and O–H groups in total. The van der Waals surface area contributed by atoms with Crippen LogP contribution < -0.4 is 5.32 Å². The molecule has 2 aromatic carbocycles. The van der Waals surface area contributed by atoms with Crippen LogP contribution in [-0.4, -0.2) is 57.0 Å². The molecule has 1 aliphatic heterocycles. The molecule has 33 heavy (non-hydrogen) atoms. The van der Waals surface area contributed by atoms with E-state index in [0.717, 1.165) is 6.08 Å². The zero-order chi connectivity index (χ0) is 23.8. The van der Waals surface area contributed by atoms with Crippen LogP contribution in [0.15, 0.2) is 59.5 Å². The number of anilines is 1. The third-order valence-electron chi connectivity index (χ3n) is 4.82. The van der Waals surface area contributed by atoms with Crippen molar-refractivity contribution in [1.82, 2.24) is 4.31 Å². The molecule has 10 heteroatoms. The summed E-state index contributed by atoms with van der Waals surface area (Å²) in [6.07, 6.45) is 1.56. The van der Waals surface area contributed by atoms with Crippen molar-refractivity contribution < 1.29 is 27.5 Å². The lowest BCUT2D eigenvalue weighted by Gasteiger charge is -2.26. The average molecular weight is 470 g/mol. The van der Waals surface area contributed by atoms with Gasteiger partial charge < -0.3 is 14.8 Å². The third-order valence-corrected chi connectivity index (χ3v) is 6.73. The number of sulfonamides is 1. The van der Waals surface area contributed by atoms with E-state index in [2.05, 4.69) is 5.32 Å². The molecule has 1 unspecified atom stereocenters. The lowest BCUT2D eigenvalue weighted by molar-refractivity contribution is -0.148. The number of morpholine rings is 1. The molecule has 3 rings (SSSR count). The van der Waals surface area contributed by atoms with E-state index in [0.29, 0.717) is 43.1 Å². The number of amides is 1. The van der Waals surface area contributed by atoms with Crippen molar-refractivity contribution in [3.63, 3.8) is 0 Å². The van der Waals surface area contributed by atoms with E-state index < -0.39 is 28.0 Å². The van der Waals surface area contributed by atoms with Crippen molar-refractivity contribution in [2.24, 2.45) is 0 Å². The minimum atomic E-state index is -3.59. The Morgan fingerprint density at radius 2 is 1.88 bits per heavy atom. The Bertz CT molecular complexity index is 1180. The van der Waals surface area contributed by atoms with Gasteiger partial charge in [-0.25, -0.2) is 13.2 Å². The number of rotatable bonds is 7. The first-order valence-corrected chi connectivity index (χ1v) is 11.6. The first-order chi connectivity index (χ1) is 15.8. The van der Waals surface area contributed by atoms with Gasteiger partial charge in [0.1, 0.15) is 0 Å². The van der Waals surface area contributed by atoms with E-state index in [4.69, 9.17) is 14.7 Å². The Morgan fingerprint density at radius 3 is 2.55 bits per heavy atom. The van der Waals surface area contributed by atoms with Gasteiger partial charge in [-0.3, -0.25) is 4.79 Å². The van der Waals surface area contributed by atoms with Crippen LogP contribution in [0.2, 0.25) is 0 Å². The van der Waals surface area contributed by atoms with Gasteiger partial charge in [-0.1, -0.05) is 18.2 Å². The Morgan fingerprint density at radius 1 is 1.18 bits per heavy atom. The number of carbonyl (C=O) groups excluding carboxylic acids is 2. The lowest BCUT2D eigenvalue weighted by atomic mass is 10.2. The molecule has 1 fully saturated rings. The highest BCUT2D eigenvalue weighted by molar-refractivity contribution is 7.89. The second kappa shape index (κ2) is 10.9. The Labute approximate surface area is 192 Å². The lowest BCUT2D eigenvalue weighted by Crippen LogP contribution is -2.40. The number of nitrogens with one attached hydrogen (secondary N) is 1. The maximum absolute atomic E-state index is 12.6. The monoisotopic (exact) mass is 469 g/mol. The molecule has 0 saturated carbocycles. The van der Waals surface area contributed by atoms with Crippen LogP contribution in [-0.2, 0) is 29.1 Å². The molecule has 1 atom stereocenters. The van der Waals surface area contributed by atoms with Crippen LogP contribution in [0.1, 0.15) is 18.1 Å². The largest absolute Gasteiger partial charge is 0.449 e. The van der Waals surface area contributed by atoms with Crippen LogP contribution in [0.5, 0.6) is 0 Å². The minimum Gasteiger partial charge on any atom is -0.449 e. The number of esters is 1. The number of nitrogens with zero attached hydrogens (tertiary/aromatic N) is 2. The average Bonchev–Trinajstić information content (AvgIpc) is 2.83. The molecule has 0 aliphatic carbocycles. The van der Waals surface area contributed by atoms with Gasteiger partial charge in [0.25, 0.3) is 5.91 Å². The highest BCUT2D eigenvalue weighted by atomic mass is 32.2. The zero-order valence-electron chi connectivity index (χ0n) is 17.9. The number of hydrogen-bond donors (Lipinski definition) is 1. The van der Waals surface area contributed by atoms with Gasteiger partial charge in [0, 0.05) is 24.9 Å². The van der Waals surface area contributed by atoms with E-state index in [9.17, 15) is 18.0 Å². The van der Waals surface area contributed by atoms with Crippen molar-refractivity contribution in [2.45, 2.75) is 17.9 Å². The van der Waals surface area contributed by atoms with Crippen LogP contribution in [0.25, 0.3) is 6.08 Å². The number of ether oxygens (including phenoxy) is 2. The molecule has 0 aromatic heterocycles. The highest BCUT2D eigenvalue weighted by Gasteiger charge is 2.26. The SMILES string of the molecule is CC(OC(=O)/C=C/c1ccc(S(=O)(=O)N2CCOCC2)cc1)C(=O)Nc1cccc(C#N)c1. The van der Waals surface area contributed by atoms with E-state index in [1.165, 1.54) is 35.5 Å². The summed E-state index contributed by atoms with van der Waals surface area (Å²) in [7, 11) is -3.59. The highest BCUT2D eigenvalue weighted by Crippen LogP contribution is 2.18. The molecule has 2 aromatic rings. The number of hydrogen-bond acceptors (Lipinski definition) is 7. The van der Waals surface area contributed by atoms with Crippen molar-refractivity contribution in [1.29, 1.82) is 5.26 Å². The second-order valence-corrected chi connectivity index (χ2v) is 9.12. The van der Waals surface area contributed by atoms with Crippen LogP contribution in [0.4, 0.5) is 5.69 Å². The van der Waals surface area contributed by atoms with Crippen LogP contribution in [0, 0.1) is 11.3 Å². The molecule has 1 saturated heterocycles.